The first-order valence-electron chi connectivity index (χ1n) is 10.4. The quantitative estimate of drug-likeness (QED) is 0.215. The molecule has 0 N–H and O–H groups in total. The Kier molecular flexibility index (Phi) is 17.6. The van der Waals surface area contributed by atoms with Crippen molar-refractivity contribution in [3.63, 3.8) is 0 Å². The lowest BCUT2D eigenvalue weighted by Gasteiger charge is -2.40. The van der Waals surface area contributed by atoms with Gasteiger partial charge >= 0.3 is 0 Å². The number of nitrogens with zero attached hydrogens (tertiary/aromatic N) is 1. The summed E-state index contributed by atoms with van der Waals surface area (Å²) in [4.78, 5) is 0. The molecule has 160 valence electrons. The molecular weight excluding hydrogens is 350 g/mol. The molecule has 26 heavy (non-hydrogen) atoms. The summed E-state index contributed by atoms with van der Waals surface area (Å²) in [6, 6.07) is 0.684. The van der Waals surface area contributed by atoms with Gasteiger partial charge in [-0.25, -0.2) is 0 Å². The Morgan fingerprint density at radius 3 is 1.65 bits per heavy atom. The van der Waals surface area contributed by atoms with Crippen molar-refractivity contribution in [1.29, 1.82) is 0 Å². The molecule has 0 saturated heterocycles. The maximum absolute atomic E-state index is 5.44. The summed E-state index contributed by atoms with van der Waals surface area (Å²) in [7, 11) is 9.58. The van der Waals surface area contributed by atoms with Crippen molar-refractivity contribution >= 4 is 0 Å². The highest BCUT2D eigenvalue weighted by atomic mass is 35.5. The van der Waals surface area contributed by atoms with Crippen LogP contribution in [0.4, 0.5) is 0 Å². The van der Waals surface area contributed by atoms with E-state index >= 15 is 0 Å². The van der Waals surface area contributed by atoms with E-state index in [9.17, 15) is 0 Å². The second-order valence-electron chi connectivity index (χ2n) is 7.87. The number of unbranched alkanes of at least 4 members (excludes halogenated alkanes) is 7. The Morgan fingerprint density at radius 1 is 0.769 bits per heavy atom. The Labute approximate surface area is 170 Å². The first-order valence-corrected chi connectivity index (χ1v) is 10.4. The first-order chi connectivity index (χ1) is 11.9. The van der Waals surface area contributed by atoms with Gasteiger partial charge in [0, 0.05) is 21.3 Å². The van der Waals surface area contributed by atoms with E-state index in [1.807, 2.05) is 0 Å². The van der Waals surface area contributed by atoms with Crippen LogP contribution in [0.1, 0.15) is 84.5 Å². The van der Waals surface area contributed by atoms with Crippen LogP contribution in [0.5, 0.6) is 0 Å². The summed E-state index contributed by atoms with van der Waals surface area (Å²) in [5.74, 6) is -0.910. The normalized spacial score (nSPS) is 13.5. The van der Waals surface area contributed by atoms with E-state index in [-0.39, 0.29) is 12.4 Å². The molecule has 1 atom stereocenters. The fourth-order valence-electron chi connectivity index (χ4n) is 3.73. The third-order valence-electron chi connectivity index (χ3n) is 5.78. The van der Waals surface area contributed by atoms with Crippen molar-refractivity contribution in [3.05, 3.63) is 0 Å². The van der Waals surface area contributed by atoms with Gasteiger partial charge in [0.1, 0.15) is 0 Å². The van der Waals surface area contributed by atoms with Gasteiger partial charge in [-0.05, 0) is 19.3 Å². The van der Waals surface area contributed by atoms with Gasteiger partial charge in [0.2, 0.25) is 0 Å². The maximum Gasteiger partial charge on any atom is 0.287 e. The Bertz CT molecular complexity index is 301. The molecule has 0 spiro atoms. The van der Waals surface area contributed by atoms with Gasteiger partial charge in [-0.3, -0.25) is 0 Å². The van der Waals surface area contributed by atoms with Gasteiger partial charge in [0.25, 0.3) is 5.97 Å². The van der Waals surface area contributed by atoms with Crippen LogP contribution in [0, 0.1) is 0 Å². The Morgan fingerprint density at radius 2 is 1.23 bits per heavy atom. The molecule has 1 unspecified atom stereocenters. The van der Waals surface area contributed by atoms with Gasteiger partial charge in [0.15, 0.2) is 0 Å². The zero-order valence-electron chi connectivity index (χ0n) is 18.6. The van der Waals surface area contributed by atoms with Gasteiger partial charge in [-0.1, -0.05) is 58.8 Å². The van der Waals surface area contributed by atoms with Crippen molar-refractivity contribution in [2.75, 3.05) is 42.0 Å². The lowest BCUT2D eigenvalue weighted by Crippen LogP contribution is -3.00. The van der Waals surface area contributed by atoms with E-state index in [2.05, 4.69) is 27.9 Å². The summed E-state index contributed by atoms with van der Waals surface area (Å²) in [6.45, 7) is 5.57. The van der Waals surface area contributed by atoms with E-state index in [1.165, 1.54) is 64.2 Å². The molecule has 0 rings (SSSR count). The average molecular weight is 396 g/mol. The summed E-state index contributed by atoms with van der Waals surface area (Å²) >= 11 is 0. The van der Waals surface area contributed by atoms with E-state index in [0.29, 0.717) is 6.04 Å². The fourth-order valence-corrected chi connectivity index (χ4v) is 3.73. The van der Waals surface area contributed by atoms with Crippen LogP contribution in [-0.2, 0) is 14.2 Å². The molecule has 0 saturated carbocycles. The molecule has 0 aromatic carbocycles. The van der Waals surface area contributed by atoms with Crippen LogP contribution >= 0.6 is 0 Å². The average Bonchev–Trinajstić information content (AvgIpc) is 2.62. The molecule has 0 aromatic heterocycles. The van der Waals surface area contributed by atoms with E-state index < -0.39 is 5.97 Å². The van der Waals surface area contributed by atoms with Crippen molar-refractivity contribution in [3.8, 4) is 0 Å². The van der Waals surface area contributed by atoms with Crippen molar-refractivity contribution in [1.82, 2.24) is 0 Å². The van der Waals surface area contributed by atoms with E-state index in [1.54, 1.807) is 21.3 Å². The lowest BCUT2D eigenvalue weighted by atomic mass is 10.0. The largest absolute Gasteiger partial charge is 1.00 e. The standard InChI is InChI=1S/C21H46NO3.ClH/c1-8-10-11-12-13-14-15-16-17-20(9-2)22(3,4)19-18-21(23-5,24-6)25-7;/h20H,8-19H2,1-7H3;1H/q+1;/p-1. The monoisotopic (exact) mass is 395 g/mol. The second-order valence-corrected chi connectivity index (χ2v) is 7.87. The van der Waals surface area contributed by atoms with Crippen molar-refractivity contribution in [2.45, 2.75) is 96.5 Å². The minimum absolute atomic E-state index is 0. The first kappa shape index (κ1) is 28.3. The predicted octanol–water partition coefficient (Wildman–Crippen LogP) is 2.36. The number of ether oxygens (including phenoxy) is 3. The van der Waals surface area contributed by atoms with Crippen LogP contribution in [0.15, 0.2) is 0 Å². The highest BCUT2D eigenvalue weighted by Crippen LogP contribution is 2.24. The topological polar surface area (TPSA) is 27.7 Å². The molecule has 0 amide bonds. The van der Waals surface area contributed by atoms with Crippen LogP contribution in [0.2, 0.25) is 0 Å². The van der Waals surface area contributed by atoms with Crippen molar-refractivity contribution < 1.29 is 31.1 Å². The third kappa shape index (κ3) is 11.1. The molecule has 0 aliphatic carbocycles. The smallest absolute Gasteiger partial charge is 0.287 e. The molecule has 5 heteroatoms. The molecule has 0 heterocycles. The molecule has 0 radical (unpaired) electrons. The van der Waals surface area contributed by atoms with Crippen LogP contribution in [0.3, 0.4) is 0 Å². The van der Waals surface area contributed by atoms with Gasteiger partial charge in [-0.15, -0.1) is 0 Å². The maximum atomic E-state index is 5.44. The number of hydrogen-bond donors (Lipinski definition) is 0. The van der Waals surface area contributed by atoms with Gasteiger partial charge in [-0.2, -0.15) is 0 Å². The Hall–Kier alpha value is 0.130. The molecule has 4 nitrogen and oxygen atoms in total. The van der Waals surface area contributed by atoms with E-state index in [4.69, 9.17) is 14.2 Å². The number of rotatable bonds is 17. The number of methoxy groups -OCH3 is 3. The number of halogens is 1. The van der Waals surface area contributed by atoms with Gasteiger partial charge < -0.3 is 31.1 Å². The summed E-state index contributed by atoms with van der Waals surface area (Å²) in [5, 5.41) is 0. The van der Waals surface area contributed by atoms with E-state index in [0.717, 1.165) is 17.4 Å². The van der Waals surface area contributed by atoms with Crippen LogP contribution < -0.4 is 12.4 Å². The van der Waals surface area contributed by atoms with Crippen molar-refractivity contribution in [2.24, 2.45) is 0 Å². The number of hydrogen-bond acceptors (Lipinski definition) is 3. The SMILES string of the molecule is CCCCCCCCCCC(CC)[N+](C)(C)CCC(OC)(OC)OC.[Cl-]. The molecule has 0 aliphatic heterocycles. The summed E-state index contributed by atoms with van der Waals surface area (Å²) in [6.07, 6.45) is 14.3. The van der Waals surface area contributed by atoms with Gasteiger partial charge in [0.05, 0.1) is 33.1 Å². The molecule has 0 bridgehead atoms. The Balaban J connectivity index is 0. The molecule has 0 aliphatic rings. The fraction of sp³-hybridized carbons (Fsp3) is 1.00. The minimum atomic E-state index is -0.910. The molecular formula is C21H46ClNO3. The lowest BCUT2D eigenvalue weighted by molar-refractivity contribution is -0.917. The molecule has 0 fully saturated rings. The highest BCUT2D eigenvalue weighted by molar-refractivity contribution is 4.61. The third-order valence-corrected chi connectivity index (χ3v) is 5.78. The highest BCUT2D eigenvalue weighted by Gasteiger charge is 2.35. The van der Waals surface area contributed by atoms with Crippen LogP contribution in [-0.4, -0.2) is 58.5 Å². The minimum Gasteiger partial charge on any atom is -1.00 e. The summed E-state index contributed by atoms with van der Waals surface area (Å²) < 4.78 is 17.3. The molecule has 0 aromatic rings. The second kappa shape index (κ2) is 16.1. The zero-order chi connectivity index (χ0) is 19.2. The predicted molar refractivity (Wildman–Crippen MR) is 107 cm³/mol. The summed E-state index contributed by atoms with van der Waals surface area (Å²) in [5.41, 5.74) is 0. The van der Waals surface area contributed by atoms with Crippen LogP contribution in [0.25, 0.3) is 0 Å². The zero-order valence-corrected chi connectivity index (χ0v) is 19.4. The number of quaternary nitrogens is 1.